The molecule has 2 aromatic carbocycles. The molecule has 0 saturated carbocycles. The number of imidazole rings is 1. The van der Waals surface area contributed by atoms with Crippen LogP contribution in [0.4, 0.5) is 24.5 Å². The van der Waals surface area contributed by atoms with E-state index >= 15 is 0 Å². The number of morpholine rings is 1. The van der Waals surface area contributed by atoms with E-state index in [9.17, 15) is 18.0 Å². The first kappa shape index (κ1) is 25.8. The number of rotatable bonds is 6. The summed E-state index contributed by atoms with van der Waals surface area (Å²) in [7, 11) is 0. The van der Waals surface area contributed by atoms with E-state index in [0.29, 0.717) is 31.7 Å². The number of halogens is 3. The maximum Gasteiger partial charge on any atom is 0.416 e. The van der Waals surface area contributed by atoms with Crippen LogP contribution < -0.4 is 10.2 Å². The summed E-state index contributed by atoms with van der Waals surface area (Å²) in [5.74, 6) is -0.590. The van der Waals surface area contributed by atoms with Gasteiger partial charge >= 0.3 is 6.18 Å². The minimum atomic E-state index is -4.53. The molecule has 4 aromatic rings. The van der Waals surface area contributed by atoms with Crippen LogP contribution in [0.15, 0.2) is 61.1 Å². The Morgan fingerprint density at radius 2 is 1.89 bits per heavy atom. The van der Waals surface area contributed by atoms with Crippen molar-refractivity contribution in [2.24, 2.45) is 0 Å². The summed E-state index contributed by atoms with van der Waals surface area (Å²) in [5.41, 5.74) is 4.59. The van der Waals surface area contributed by atoms with Crippen molar-refractivity contribution >= 4 is 22.9 Å². The number of aromatic nitrogens is 2. The lowest BCUT2D eigenvalue weighted by Gasteiger charge is -2.29. The molecule has 1 aliphatic heterocycles. The zero-order valence-corrected chi connectivity index (χ0v) is 21.3. The van der Waals surface area contributed by atoms with Gasteiger partial charge in [0.05, 0.1) is 24.5 Å². The number of fused-ring (bicyclic) bond motifs is 1. The van der Waals surface area contributed by atoms with Crippen molar-refractivity contribution in [3.63, 3.8) is 0 Å². The van der Waals surface area contributed by atoms with Crippen LogP contribution in [0.2, 0.25) is 0 Å². The van der Waals surface area contributed by atoms with E-state index in [2.05, 4.69) is 21.3 Å². The number of alkyl halides is 3. The SMILES string of the molecule is CCCc1ccc(C(=O)Nc2ccc(C)c(-c3cc(N4CCOCC4)c4nccn4c3)c2)cc1C(F)(F)F. The molecular weight excluding hydrogens is 493 g/mol. The van der Waals surface area contributed by atoms with Crippen molar-refractivity contribution in [2.75, 3.05) is 36.5 Å². The standard InChI is InChI=1S/C29H29F3N4O2/c1-3-4-20-6-7-21(15-25(20)29(30,31)32)28(37)34-23-8-5-19(2)24(17-23)22-16-26(35-11-13-38-14-12-35)27-33-9-10-36(27)18-22/h5-10,15-18H,3-4,11-14H2,1-2H3,(H,34,37). The average molecular weight is 523 g/mol. The summed E-state index contributed by atoms with van der Waals surface area (Å²) in [6, 6.07) is 11.4. The number of carbonyl (C=O) groups is 1. The summed E-state index contributed by atoms with van der Waals surface area (Å²) in [6.45, 7) is 6.62. The van der Waals surface area contributed by atoms with Crippen LogP contribution >= 0.6 is 0 Å². The van der Waals surface area contributed by atoms with Gasteiger partial charge in [-0.2, -0.15) is 13.2 Å². The van der Waals surface area contributed by atoms with Crippen LogP contribution in [-0.4, -0.2) is 41.6 Å². The van der Waals surface area contributed by atoms with E-state index in [0.717, 1.165) is 47.2 Å². The molecule has 38 heavy (non-hydrogen) atoms. The first-order valence-corrected chi connectivity index (χ1v) is 12.7. The van der Waals surface area contributed by atoms with Crippen LogP contribution in [0.1, 0.15) is 40.4 Å². The Morgan fingerprint density at radius 1 is 1.11 bits per heavy atom. The Labute approximate surface area is 219 Å². The van der Waals surface area contributed by atoms with Gasteiger partial charge in [-0.1, -0.05) is 25.5 Å². The average Bonchev–Trinajstić information content (AvgIpc) is 3.38. The van der Waals surface area contributed by atoms with Gasteiger partial charge in [0.2, 0.25) is 0 Å². The van der Waals surface area contributed by atoms with Gasteiger partial charge in [0.1, 0.15) is 0 Å². The summed E-state index contributed by atoms with van der Waals surface area (Å²) < 4.78 is 48.4. The molecule has 198 valence electrons. The molecule has 9 heteroatoms. The highest BCUT2D eigenvalue weighted by atomic mass is 19.4. The van der Waals surface area contributed by atoms with E-state index in [1.165, 1.54) is 12.1 Å². The molecule has 0 spiro atoms. The van der Waals surface area contributed by atoms with Crippen LogP contribution in [0, 0.1) is 6.92 Å². The first-order valence-electron chi connectivity index (χ1n) is 12.7. The number of ether oxygens (including phenoxy) is 1. The highest BCUT2D eigenvalue weighted by molar-refractivity contribution is 6.04. The molecule has 1 saturated heterocycles. The molecule has 2 aromatic heterocycles. The normalized spacial score (nSPS) is 14.2. The smallest absolute Gasteiger partial charge is 0.378 e. The maximum absolute atomic E-state index is 13.6. The number of aryl methyl sites for hydroxylation is 2. The van der Waals surface area contributed by atoms with Gasteiger partial charge in [0, 0.05) is 48.5 Å². The first-order chi connectivity index (χ1) is 18.2. The lowest BCUT2D eigenvalue weighted by atomic mass is 9.99. The number of nitrogens with one attached hydrogen (secondary N) is 1. The van der Waals surface area contributed by atoms with Gasteiger partial charge in [-0.15, -0.1) is 0 Å². The lowest BCUT2D eigenvalue weighted by molar-refractivity contribution is -0.138. The lowest BCUT2D eigenvalue weighted by Crippen LogP contribution is -2.36. The number of nitrogens with zero attached hydrogens (tertiary/aromatic N) is 3. The Hall–Kier alpha value is -3.85. The van der Waals surface area contributed by atoms with E-state index in [1.807, 2.05) is 42.8 Å². The van der Waals surface area contributed by atoms with Crippen molar-refractivity contribution in [3.05, 3.63) is 83.3 Å². The van der Waals surface area contributed by atoms with E-state index in [1.54, 1.807) is 12.3 Å². The predicted octanol–water partition coefficient (Wildman–Crippen LogP) is 6.37. The van der Waals surface area contributed by atoms with Gasteiger partial charge in [0.15, 0.2) is 5.65 Å². The molecule has 1 N–H and O–H groups in total. The van der Waals surface area contributed by atoms with Crippen LogP contribution in [0.5, 0.6) is 0 Å². The fourth-order valence-corrected chi connectivity index (χ4v) is 4.88. The summed E-state index contributed by atoms with van der Waals surface area (Å²) >= 11 is 0. The molecule has 0 atom stereocenters. The Morgan fingerprint density at radius 3 is 2.63 bits per heavy atom. The highest BCUT2D eigenvalue weighted by Crippen LogP contribution is 2.35. The number of hydrogen-bond acceptors (Lipinski definition) is 4. The van der Waals surface area contributed by atoms with Crippen molar-refractivity contribution in [1.82, 2.24) is 9.38 Å². The Kier molecular flexibility index (Phi) is 7.12. The molecule has 5 rings (SSSR count). The molecular formula is C29H29F3N4O2. The highest BCUT2D eigenvalue weighted by Gasteiger charge is 2.33. The largest absolute Gasteiger partial charge is 0.416 e. The molecule has 1 amide bonds. The molecule has 0 bridgehead atoms. The quantitative estimate of drug-likeness (QED) is 0.320. The zero-order valence-electron chi connectivity index (χ0n) is 21.3. The Bertz CT molecular complexity index is 1470. The number of benzene rings is 2. The van der Waals surface area contributed by atoms with Gasteiger partial charge < -0.3 is 19.4 Å². The van der Waals surface area contributed by atoms with Gasteiger partial charge in [-0.25, -0.2) is 4.98 Å². The van der Waals surface area contributed by atoms with Crippen molar-refractivity contribution < 1.29 is 22.7 Å². The monoisotopic (exact) mass is 522 g/mol. The second-order valence-electron chi connectivity index (χ2n) is 9.48. The minimum absolute atomic E-state index is 0.0336. The zero-order chi connectivity index (χ0) is 26.9. The number of amides is 1. The van der Waals surface area contributed by atoms with Crippen molar-refractivity contribution in [1.29, 1.82) is 0 Å². The predicted molar refractivity (Wildman–Crippen MR) is 142 cm³/mol. The van der Waals surface area contributed by atoms with Crippen molar-refractivity contribution in [3.8, 4) is 11.1 Å². The molecule has 1 aliphatic rings. The summed E-state index contributed by atoms with van der Waals surface area (Å²) in [6.07, 6.45) is 1.99. The number of carbonyl (C=O) groups excluding carboxylic acids is 1. The molecule has 6 nitrogen and oxygen atoms in total. The molecule has 0 aliphatic carbocycles. The Balaban J connectivity index is 1.47. The minimum Gasteiger partial charge on any atom is -0.378 e. The van der Waals surface area contributed by atoms with Gasteiger partial charge in [-0.05, 0) is 60.4 Å². The number of anilines is 2. The maximum atomic E-state index is 13.6. The van der Waals surface area contributed by atoms with E-state index in [-0.39, 0.29) is 11.1 Å². The van der Waals surface area contributed by atoms with E-state index in [4.69, 9.17) is 4.74 Å². The second-order valence-corrected chi connectivity index (χ2v) is 9.48. The van der Waals surface area contributed by atoms with Crippen LogP contribution in [0.25, 0.3) is 16.8 Å². The topological polar surface area (TPSA) is 58.9 Å². The van der Waals surface area contributed by atoms with Crippen LogP contribution in [-0.2, 0) is 17.3 Å². The third-order valence-electron chi connectivity index (χ3n) is 6.82. The van der Waals surface area contributed by atoms with Crippen LogP contribution in [0.3, 0.4) is 0 Å². The third-order valence-corrected chi connectivity index (χ3v) is 6.82. The van der Waals surface area contributed by atoms with Gasteiger partial charge in [-0.3, -0.25) is 4.79 Å². The number of hydrogen-bond donors (Lipinski definition) is 1. The third kappa shape index (κ3) is 5.24. The second kappa shape index (κ2) is 10.5. The fourth-order valence-electron chi connectivity index (χ4n) is 4.88. The molecule has 3 heterocycles. The van der Waals surface area contributed by atoms with E-state index < -0.39 is 17.6 Å². The molecule has 1 fully saturated rings. The summed E-state index contributed by atoms with van der Waals surface area (Å²) in [4.78, 5) is 19.8. The molecule has 0 radical (unpaired) electrons. The molecule has 0 unspecified atom stereocenters. The summed E-state index contributed by atoms with van der Waals surface area (Å²) in [5, 5.41) is 2.78. The van der Waals surface area contributed by atoms with Gasteiger partial charge in [0.25, 0.3) is 5.91 Å². The van der Waals surface area contributed by atoms with Crippen molar-refractivity contribution in [2.45, 2.75) is 32.9 Å². The fraction of sp³-hybridized carbons (Fsp3) is 0.310. The number of pyridine rings is 1.